The van der Waals surface area contributed by atoms with Gasteiger partial charge in [0.1, 0.15) is 84.9 Å². The van der Waals surface area contributed by atoms with Crippen molar-refractivity contribution >= 4 is 41.2 Å². The summed E-state index contributed by atoms with van der Waals surface area (Å²) in [5, 5.41) is 39.2. The van der Waals surface area contributed by atoms with Gasteiger partial charge in [-0.25, -0.2) is 9.97 Å². The number of rotatable bonds is 10. The summed E-state index contributed by atoms with van der Waals surface area (Å²) < 4.78 is 31.6. The third-order valence-corrected chi connectivity index (χ3v) is 9.80. The molecule has 4 heterocycles. The Morgan fingerprint density at radius 3 is 1.59 bits per heavy atom. The van der Waals surface area contributed by atoms with Crippen molar-refractivity contribution in [3.63, 3.8) is 0 Å². The maximum Gasteiger partial charge on any atom is 0.315 e. The Kier molecular flexibility index (Phi) is 16.3. The Bertz CT molecular complexity index is 2740. The largest absolute Gasteiger partial charge is 0.486 e. The molecule has 2 aromatic heterocycles. The zero-order valence-corrected chi connectivity index (χ0v) is 35.3. The van der Waals surface area contributed by atoms with Gasteiger partial charge < -0.3 is 45.6 Å². The molecule has 7 rings (SSSR count). The summed E-state index contributed by atoms with van der Waals surface area (Å²) in [6.45, 7) is 5.63. The van der Waals surface area contributed by atoms with E-state index >= 15 is 0 Å². The predicted octanol–water partition coefficient (Wildman–Crippen LogP) is 5.37. The average molecular weight is 882 g/mol. The van der Waals surface area contributed by atoms with Crippen molar-refractivity contribution in [3.8, 4) is 69.5 Å². The maximum absolute atomic E-state index is 11.9. The monoisotopic (exact) mass is 881 g/mol. The normalized spacial score (nSPS) is 11.5. The van der Waals surface area contributed by atoms with Crippen LogP contribution in [0.1, 0.15) is 48.2 Å². The second-order valence-corrected chi connectivity index (χ2v) is 14.1. The second-order valence-electron chi connectivity index (χ2n) is 13.0. The lowest BCUT2D eigenvalue weighted by molar-refractivity contribution is -0.145. The molecule has 19 heteroatoms. The number of nitrogens with two attached hydrogens (primary N) is 3. The molecule has 0 unspecified atom stereocenters. The third kappa shape index (κ3) is 11.4. The van der Waals surface area contributed by atoms with E-state index in [0.717, 1.165) is 4.90 Å². The number of benzene rings is 3. The van der Waals surface area contributed by atoms with Gasteiger partial charge in [0, 0.05) is 16.0 Å². The van der Waals surface area contributed by atoms with Gasteiger partial charge >= 0.3 is 11.9 Å². The quantitative estimate of drug-likeness (QED) is 0.117. The number of hydrogen-bond acceptors (Lipinski definition) is 18. The van der Waals surface area contributed by atoms with Gasteiger partial charge in [-0.15, -0.1) is 0 Å². The third-order valence-electron chi connectivity index (χ3n) is 8.80. The number of carbonyl (C=O) groups is 3. The van der Waals surface area contributed by atoms with Crippen molar-refractivity contribution in [2.75, 3.05) is 51.1 Å². The lowest BCUT2D eigenvalue weighted by Crippen LogP contribution is -2.17. The molecule has 64 heavy (non-hydrogen) atoms. The molecule has 1 amide bonds. The van der Waals surface area contributed by atoms with E-state index in [2.05, 4.69) is 32.6 Å². The Hall–Kier alpha value is -8.52. The fraction of sp³-hybridized carbons (Fsp3) is 0.222. The molecule has 2 aliphatic rings. The molecule has 2 aliphatic heterocycles. The minimum Gasteiger partial charge on any atom is -0.486 e. The van der Waals surface area contributed by atoms with Crippen molar-refractivity contribution < 1.29 is 42.8 Å². The van der Waals surface area contributed by atoms with E-state index in [1.165, 1.54) is 11.8 Å². The molecule has 0 saturated carbocycles. The number of carbonyl (C=O) groups excluding carboxylic acids is 3. The summed E-state index contributed by atoms with van der Waals surface area (Å²) in [7, 11) is 0. The van der Waals surface area contributed by atoms with Gasteiger partial charge in [0.25, 0.3) is 0 Å². The van der Waals surface area contributed by atoms with Crippen LogP contribution in [-0.2, 0) is 30.3 Å². The van der Waals surface area contributed by atoms with Crippen LogP contribution in [-0.4, -0.2) is 67.5 Å². The van der Waals surface area contributed by atoms with Gasteiger partial charge in [-0.3, -0.25) is 14.4 Å². The number of pyridine rings is 2. The molecule has 0 aliphatic carbocycles. The number of hydrogen-bond donors (Lipinski definition) is 3. The molecule has 0 fully saturated rings. The van der Waals surface area contributed by atoms with Gasteiger partial charge in [0.05, 0.1) is 36.5 Å². The molecule has 0 spiro atoms. The van der Waals surface area contributed by atoms with Crippen molar-refractivity contribution in [3.05, 3.63) is 94.7 Å². The summed E-state index contributed by atoms with van der Waals surface area (Å²) in [5.41, 5.74) is 19.5. The van der Waals surface area contributed by atoms with Crippen LogP contribution < -0.4 is 36.1 Å². The van der Waals surface area contributed by atoms with E-state index < -0.39 is 17.8 Å². The Labute approximate surface area is 371 Å². The van der Waals surface area contributed by atoms with E-state index in [-0.39, 0.29) is 60.1 Å². The van der Waals surface area contributed by atoms with E-state index in [4.69, 9.17) is 35.2 Å². The predicted molar refractivity (Wildman–Crippen MR) is 230 cm³/mol. The van der Waals surface area contributed by atoms with Gasteiger partial charge in [-0.1, -0.05) is 42.1 Å². The summed E-state index contributed by atoms with van der Waals surface area (Å²) in [5.74, 6) is 0.574. The number of esters is 2. The topological polar surface area (TPSA) is 306 Å². The molecule has 0 bridgehead atoms. The number of nitrogen functional groups attached to an aromatic ring is 2. The van der Waals surface area contributed by atoms with Crippen LogP contribution in [0.4, 0.5) is 11.6 Å². The Morgan fingerprint density at radius 2 is 1.11 bits per heavy atom. The van der Waals surface area contributed by atoms with Crippen LogP contribution in [0.3, 0.4) is 0 Å². The van der Waals surface area contributed by atoms with Gasteiger partial charge in [0.15, 0.2) is 23.0 Å². The minimum atomic E-state index is -0.659. The van der Waals surface area contributed by atoms with E-state index in [9.17, 15) is 35.4 Å². The van der Waals surface area contributed by atoms with Crippen molar-refractivity contribution in [1.82, 2.24) is 9.97 Å². The van der Waals surface area contributed by atoms with E-state index in [0.29, 0.717) is 82.3 Å². The zero-order chi connectivity index (χ0) is 46.2. The van der Waals surface area contributed by atoms with Crippen LogP contribution in [0.5, 0.6) is 23.0 Å². The first-order valence-electron chi connectivity index (χ1n) is 19.3. The van der Waals surface area contributed by atoms with Crippen LogP contribution in [0.15, 0.2) is 76.7 Å². The number of nitrogens with zero attached hydrogens (tertiary/aromatic N) is 6. The average Bonchev–Trinajstić information content (AvgIpc) is 3.29. The number of amides is 1. The van der Waals surface area contributed by atoms with Crippen LogP contribution >= 0.6 is 11.8 Å². The van der Waals surface area contributed by atoms with Crippen LogP contribution in [0, 0.1) is 45.3 Å². The summed E-state index contributed by atoms with van der Waals surface area (Å²) >= 11 is 1.33. The lowest BCUT2D eigenvalue weighted by atomic mass is 9.93. The smallest absolute Gasteiger partial charge is 0.315 e. The Balaban J connectivity index is 0.000000203. The first-order chi connectivity index (χ1) is 31.0. The number of primary amides is 1. The van der Waals surface area contributed by atoms with Crippen LogP contribution in [0.25, 0.3) is 22.3 Å². The van der Waals surface area contributed by atoms with Gasteiger partial charge in [-0.05, 0) is 61.4 Å². The molecule has 6 N–H and O–H groups in total. The molecule has 0 saturated heterocycles. The molecular weight excluding hydrogens is 843 g/mol. The fourth-order valence-electron chi connectivity index (χ4n) is 6.17. The Morgan fingerprint density at radius 1 is 0.641 bits per heavy atom. The highest BCUT2D eigenvalue weighted by Crippen LogP contribution is 2.42. The van der Waals surface area contributed by atoms with E-state index in [1.807, 2.05) is 42.5 Å². The summed E-state index contributed by atoms with van der Waals surface area (Å²) in [6, 6.07) is 28.3. The maximum atomic E-state index is 11.9. The fourth-order valence-corrected chi connectivity index (χ4v) is 7.08. The van der Waals surface area contributed by atoms with Crippen molar-refractivity contribution in [1.29, 1.82) is 21.0 Å². The number of ether oxygens (including phenoxy) is 6. The highest BCUT2D eigenvalue weighted by Gasteiger charge is 2.25. The van der Waals surface area contributed by atoms with Gasteiger partial charge in [-0.2, -0.15) is 21.0 Å². The number of nitriles is 4. The molecule has 0 atom stereocenters. The summed E-state index contributed by atoms with van der Waals surface area (Å²) in [4.78, 5) is 41.5. The van der Waals surface area contributed by atoms with Gasteiger partial charge in [0.2, 0.25) is 5.91 Å². The van der Waals surface area contributed by atoms with Crippen LogP contribution in [0.2, 0.25) is 0 Å². The molecule has 5 aromatic rings. The first-order valence-corrected chi connectivity index (χ1v) is 20.2. The molecule has 0 radical (unpaired) electrons. The number of aromatic nitrogens is 2. The standard InChI is InChI=1S/C21H14N4O2S.C19H16N4O4.C5H9NO3/c22-11-15-19(13-6-7-17-18(10-13)27-9-8-26-17)16(12-23)21(25-20(15)24)28-14-4-2-1-3-5-14;1-2-25-17(24)8-14-12(9-20)18(13(10-21)19(22)23-14)11-3-4-15-16(7-11)27-6-5-26-15;1-2-9-5(8)3-4(6)7/h1-7,10H,8-9H2,(H2,24,25);3-4,7H,2,5-6,8H2,1H3,(H2,22,23);2-3H2,1H3,(H2,6,7). The van der Waals surface area contributed by atoms with E-state index in [1.54, 1.807) is 50.2 Å². The molecule has 3 aromatic carbocycles. The minimum absolute atomic E-state index is 0.0549. The number of fused-ring (bicyclic) bond motifs is 2. The highest BCUT2D eigenvalue weighted by molar-refractivity contribution is 7.99. The summed E-state index contributed by atoms with van der Waals surface area (Å²) in [6.07, 6.45) is -0.544. The molecule has 324 valence electrons. The first kappa shape index (κ1) is 46.5. The van der Waals surface area contributed by atoms with Crippen molar-refractivity contribution in [2.45, 2.75) is 36.6 Å². The van der Waals surface area contributed by atoms with Crippen molar-refractivity contribution in [2.24, 2.45) is 5.73 Å². The number of anilines is 2. The molecule has 18 nitrogen and oxygen atoms in total. The molecular formula is C45H39N9O9S. The second kappa shape index (κ2) is 22.4. The zero-order valence-electron chi connectivity index (χ0n) is 34.5. The SMILES string of the molecule is CCOC(=O)CC(N)=O.CCOC(=O)Cc1nc(N)c(C#N)c(-c2ccc3c(c2)OCCO3)c1C#N.N#Cc1c(N)nc(Sc2ccccc2)c(C#N)c1-c1ccc2c(c1)OCCO2. The lowest BCUT2D eigenvalue weighted by Gasteiger charge is -2.20. The highest BCUT2D eigenvalue weighted by atomic mass is 32.2.